The molecule has 2 aliphatic rings. The average molecular weight is 268 g/mol. The molecule has 0 bridgehead atoms. The third kappa shape index (κ3) is 4.49. The predicted octanol–water partition coefficient (Wildman–Crippen LogP) is 4.06. The summed E-state index contributed by atoms with van der Waals surface area (Å²) in [7, 11) is 0. The molecule has 0 aromatic rings. The largest absolute Gasteiger partial charge is 0.362 e. The van der Waals surface area contributed by atoms with Crippen molar-refractivity contribution in [1.82, 2.24) is 5.32 Å². The molecule has 1 N–H and O–H groups in total. The molecular formula is C15H28N2S. The standard InChI is InChI=1S/C15H28N2S/c1-11-6-5-7-12(8-11)17-14-16-10-13(18-14)9-15(2,3)4/h11-13H,5-10H2,1-4H3,(H,16,17). The van der Waals surface area contributed by atoms with E-state index in [1.165, 1.54) is 37.3 Å². The van der Waals surface area contributed by atoms with Gasteiger partial charge in [-0.1, -0.05) is 52.3 Å². The zero-order chi connectivity index (χ0) is 13.2. The fourth-order valence-electron chi connectivity index (χ4n) is 3.03. The van der Waals surface area contributed by atoms with Gasteiger partial charge >= 0.3 is 0 Å². The van der Waals surface area contributed by atoms with Gasteiger partial charge in [0.1, 0.15) is 0 Å². The molecule has 1 saturated carbocycles. The van der Waals surface area contributed by atoms with Gasteiger partial charge in [0.05, 0.1) is 6.54 Å². The Morgan fingerprint density at radius 3 is 2.78 bits per heavy atom. The monoisotopic (exact) mass is 268 g/mol. The first-order valence-corrected chi connectivity index (χ1v) is 8.28. The molecule has 104 valence electrons. The van der Waals surface area contributed by atoms with Gasteiger partial charge < -0.3 is 5.32 Å². The van der Waals surface area contributed by atoms with Crippen LogP contribution < -0.4 is 5.32 Å². The maximum Gasteiger partial charge on any atom is 0.157 e. The lowest BCUT2D eigenvalue weighted by molar-refractivity contribution is 0.327. The lowest BCUT2D eigenvalue weighted by Crippen LogP contribution is -2.36. The third-order valence-electron chi connectivity index (χ3n) is 3.82. The summed E-state index contributed by atoms with van der Waals surface area (Å²) in [5, 5.41) is 5.58. The van der Waals surface area contributed by atoms with Gasteiger partial charge in [-0.25, -0.2) is 0 Å². The van der Waals surface area contributed by atoms with E-state index in [1.54, 1.807) is 0 Å². The average Bonchev–Trinajstić information content (AvgIpc) is 2.62. The second-order valence-corrected chi connectivity index (χ2v) is 8.55. The van der Waals surface area contributed by atoms with Crippen LogP contribution in [0.5, 0.6) is 0 Å². The molecule has 3 unspecified atom stereocenters. The van der Waals surface area contributed by atoms with Crippen LogP contribution in [-0.2, 0) is 0 Å². The summed E-state index contributed by atoms with van der Waals surface area (Å²) < 4.78 is 0. The summed E-state index contributed by atoms with van der Waals surface area (Å²) in [5.41, 5.74) is 0.419. The van der Waals surface area contributed by atoms with E-state index in [9.17, 15) is 0 Å². The highest BCUT2D eigenvalue weighted by atomic mass is 32.2. The molecule has 1 aliphatic carbocycles. The highest BCUT2D eigenvalue weighted by molar-refractivity contribution is 8.14. The minimum absolute atomic E-state index is 0.419. The van der Waals surface area contributed by atoms with Crippen LogP contribution in [0.1, 0.15) is 59.8 Å². The molecule has 0 aromatic heterocycles. The van der Waals surface area contributed by atoms with Gasteiger partial charge in [0.2, 0.25) is 0 Å². The number of aliphatic imine (C=N–C) groups is 1. The van der Waals surface area contributed by atoms with Gasteiger partial charge in [-0.2, -0.15) is 0 Å². The first-order valence-electron chi connectivity index (χ1n) is 7.40. The molecule has 2 rings (SSSR count). The number of amidine groups is 1. The lowest BCUT2D eigenvalue weighted by atomic mass is 9.87. The SMILES string of the molecule is CC1CCCC(NC2=NCC(CC(C)(C)C)S2)C1. The Bertz CT molecular complexity index is 306. The Morgan fingerprint density at radius 1 is 1.33 bits per heavy atom. The molecule has 3 heteroatoms. The molecule has 3 atom stereocenters. The van der Waals surface area contributed by atoms with Crippen LogP contribution in [0.25, 0.3) is 0 Å². The lowest BCUT2D eigenvalue weighted by Gasteiger charge is -2.28. The van der Waals surface area contributed by atoms with Gasteiger partial charge in [-0.15, -0.1) is 0 Å². The van der Waals surface area contributed by atoms with Crippen LogP contribution >= 0.6 is 11.8 Å². The van der Waals surface area contributed by atoms with Crippen LogP contribution in [0.2, 0.25) is 0 Å². The number of hydrogen-bond donors (Lipinski definition) is 1. The zero-order valence-corrected chi connectivity index (χ0v) is 13.1. The van der Waals surface area contributed by atoms with E-state index in [0.717, 1.165) is 12.5 Å². The highest BCUT2D eigenvalue weighted by Gasteiger charge is 2.27. The van der Waals surface area contributed by atoms with Crippen molar-refractivity contribution in [3.05, 3.63) is 0 Å². The van der Waals surface area contributed by atoms with Crippen LogP contribution in [0.3, 0.4) is 0 Å². The number of thioether (sulfide) groups is 1. The van der Waals surface area contributed by atoms with Crippen molar-refractivity contribution in [2.24, 2.45) is 16.3 Å². The Labute approximate surface area is 116 Å². The van der Waals surface area contributed by atoms with E-state index >= 15 is 0 Å². The van der Waals surface area contributed by atoms with E-state index in [0.29, 0.717) is 16.7 Å². The maximum absolute atomic E-state index is 4.69. The number of hydrogen-bond acceptors (Lipinski definition) is 3. The smallest absolute Gasteiger partial charge is 0.157 e. The molecule has 2 nitrogen and oxygen atoms in total. The van der Waals surface area contributed by atoms with E-state index < -0.39 is 0 Å². The van der Waals surface area contributed by atoms with Crippen molar-refractivity contribution in [1.29, 1.82) is 0 Å². The number of nitrogens with one attached hydrogen (secondary N) is 1. The molecule has 0 aromatic carbocycles. The van der Waals surface area contributed by atoms with Gasteiger partial charge in [0.15, 0.2) is 5.17 Å². The van der Waals surface area contributed by atoms with E-state index in [2.05, 4.69) is 38.0 Å². The molecule has 0 radical (unpaired) electrons. The zero-order valence-electron chi connectivity index (χ0n) is 12.3. The predicted molar refractivity (Wildman–Crippen MR) is 82.3 cm³/mol. The van der Waals surface area contributed by atoms with E-state index in [1.807, 2.05) is 11.8 Å². The highest BCUT2D eigenvalue weighted by Crippen LogP contribution is 2.32. The van der Waals surface area contributed by atoms with Gasteiger partial charge in [-0.3, -0.25) is 4.99 Å². The Hall–Kier alpha value is -0.180. The third-order valence-corrected chi connectivity index (χ3v) is 4.94. The van der Waals surface area contributed by atoms with Crippen molar-refractivity contribution < 1.29 is 0 Å². The molecule has 0 amide bonds. The second-order valence-electron chi connectivity index (χ2n) is 7.26. The molecule has 0 saturated heterocycles. The quantitative estimate of drug-likeness (QED) is 0.816. The molecular weight excluding hydrogens is 240 g/mol. The molecule has 0 spiro atoms. The molecule has 1 fully saturated rings. The van der Waals surface area contributed by atoms with Crippen molar-refractivity contribution in [3.8, 4) is 0 Å². The van der Waals surface area contributed by atoms with E-state index in [4.69, 9.17) is 0 Å². The van der Waals surface area contributed by atoms with Crippen molar-refractivity contribution in [2.75, 3.05) is 6.54 Å². The first kappa shape index (κ1) is 14.2. The van der Waals surface area contributed by atoms with Crippen molar-refractivity contribution >= 4 is 16.9 Å². The normalized spacial score (nSPS) is 33.3. The minimum Gasteiger partial charge on any atom is -0.362 e. The topological polar surface area (TPSA) is 24.4 Å². The molecule has 1 heterocycles. The van der Waals surface area contributed by atoms with Crippen LogP contribution in [0.4, 0.5) is 0 Å². The van der Waals surface area contributed by atoms with Crippen LogP contribution in [-0.4, -0.2) is 23.0 Å². The van der Waals surface area contributed by atoms with Gasteiger partial charge in [0, 0.05) is 11.3 Å². The van der Waals surface area contributed by atoms with Crippen LogP contribution in [0, 0.1) is 11.3 Å². The van der Waals surface area contributed by atoms with Crippen molar-refractivity contribution in [2.45, 2.75) is 71.1 Å². The van der Waals surface area contributed by atoms with Crippen molar-refractivity contribution in [3.63, 3.8) is 0 Å². The summed E-state index contributed by atoms with van der Waals surface area (Å²) >= 11 is 1.97. The Kier molecular flexibility index (Phi) is 4.63. The molecule has 1 aliphatic heterocycles. The minimum atomic E-state index is 0.419. The Morgan fingerprint density at radius 2 is 2.11 bits per heavy atom. The fraction of sp³-hybridized carbons (Fsp3) is 0.933. The summed E-state index contributed by atoms with van der Waals surface area (Å²) in [6, 6.07) is 0.674. The fourth-order valence-corrected chi connectivity index (χ4v) is 4.46. The van der Waals surface area contributed by atoms with Gasteiger partial charge in [-0.05, 0) is 30.6 Å². The van der Waals surface area contributed by atoms with Gasteiger partial charge in [0.25, 0.3) is 0 Å². The molecule has 18 heavy (non-hydrogen) atoms. The summed E-state index contributed by atoms with van der Waals surface area (Å²) in [4.78, 5) is 4.69. The Balaban J connectivity index is 1.75. The van der Waals surface area contributed by atoms with E-state index in [-0.39, 0.29) is 0 Å². The summed E-state index contributed by atoms with van der Waals surface area (Å²) in [6.07, 6.45) is 6.69. The van der Waals surface area contributed by atoms with Crippen LogP contribution in [0.15, 0.2) is 4.99 Å². The second kappa shape index (κ2) is 5.85. The summed E-state index contributed by atoms with van der Waals surface area (Å²) in [6.45, 7) is 10.3. The number of rotatable bonds is 2. The summed E-state index contributed by atoms with van der Waals surface area (Å²) in [5.74, 6) is 0.883. The first-order chi connectivity index (χ1) is 8.42. The maximum atomic E-state index is 4.69. The number of nitrogens with zero attached hydrogens (tertiary/aromatic N) is 1.